The maximum Gasteiger partial charge on any atom is 0.416 e. The number of fused-ring (bicyclic) bond motifs is 1. The van der Waals surface area contributed by atoms with Crippen LogP contribution in [-0.4, -0.2) is 30.5 Å². The molecule has 0 saturated heterocycles. The first-order valence-electron chi connectivity index (χ1n) is 9.98. The summed E-state index contributed by atoms with van der Waals surface area (Å²) in [6.45, 7) is 0.500. The second kappa shape index (κ2) is 8.81. The zero-order valence-corrected chi connectivity index (χ0v) is 17.4. The summed E-state index contributed by atoms with van der Waals surface area (Å²) in [7, 11) is 0. The van der Waals surface area contributed by atoms with Gasteiger partial charge in [0.2, 0.25) is 0 Å². The highest BCUT2D eigenvalue weighted by Crippen LogP contribution is 2.42. The number of aliphatic hydroxyl groups is 1. The summed E-state index contributed by atoms with van der Waals surface area (Å²) in [6.07, 6.45) is -7.13. The van der Waals surface area contributed by atoms with Gasteiger partial charge in [0.25, 0.3) is 0 Å². The molecule has 0 fully saturated rings. The SMILES string of the molecule is O[C@H](CN1c2ccccc2N(Cc2cccc(Cl)c2)CC1c1ccccc1)C(F)(F)F. The van der Waals surface area contributed by atoms with Crippen LogP contribution in [0.15, 0.2) is 78.9 Å². The number of hydrogen-bond donors (Lipinski definition) is 1. The molecule has 162 valence electrons. The molecule has 7 heteroatoms. The molecule has 3 aromatic rings. The molecule has 1 aliphatic rings. The first-order valence-corrected chi connectivity index (χ1v) is 10.4. The fourth-order valence-electron chi connectivity index (χ4n) is 4.03. The largest absolute Gasteiger partial charge is 0.416 e. The smallest absolute Gasteiger partial charge is 0.382 e. The van der Waals surface area contributed by atoms with Crippen LogP contribution in [0.3, 0.4) is 0 Å². The van der Waals surface area contributed by atoms with E-state index in [4.69, 9.17) is 11.6 Å². The maximum absolute atomic E-state index is 13.2. The molecule has 3 aromatic carbocycles. The molecule has 1 heterocycles. The number of anilines is 2. The average molecular weight is 447 g/mol. The number of halogens is 4. The Hall–Kier alpha value is -2.70. The lowest BCUT2D eigenvalue weighted by Gasteiger charge is -2.45. The number of hydrogen-bond acceptors (Lipinski definition) is 3. The van der Waals surface area contributed by atoms with Crippen LogP contribution in [0.5, 0.6) is 0 Å². The summed E-state index contributed by atoms with van der Waals surface area (Å²) in [5.41, 5.74) is 3.39. The van der Waals surface area contributed by atoms with Gasteiger partial charge in [-0.1, -0.05) is 66.2 Å². The molecule has 3 nitrogen and oxygen atoms in total. The second-order valence-corrected chi connectivity index (χ2v) is 8.07. The zero-order chi connectivity index (χ0) is 22.0. The van der Waals surface area contributed by atoms with Crippen LogP contribution in [-0.2, 0) is 6.54 Å². The highest BCUT2D eigenvalue weighted by molar-refractivity contribution is 6.30. The van der Waals surface area contributed by atoms with Gasteiger partial charge in [0, 0.05) is 18.1 Å². The maximum atomic E-state index is 13.2. The summed E-state index contributed by atoms with van der Waals surface area (Å²) < 4.78 is 39.6. The van der Waals surface area contributed by atoms with Gasteiger partial charge in [-0.3, -0.25) is 0 Å². The zero-order valence-electron chi connectivity index (χ0n) is 16.6. The summed E-state index contributed by atoms with van der Waals surface area (Å²) in [5.74, 6) is 0. The van der Waals surface area contributed by atoms with Crippen LogP contribution < -0.4 is 9.80 Å². The molecule has 2 atom stereocenters. The van der Waals surface area contributed by atoms with Crippen molar-refractivity contribution in [3.8, 4) is 0 Å². The van der Waals surface area contributed by atoms with Gasteiger partial charge in [0.05, 0.1) is 24.0 Å². The molecule has 1 unspecified atom stereocenters. The Morgan fingerprint density at radius 2 is 1.61 bits per heavy atom. The van der Waals surface area contributed by atoms with E-state index in [1.165, 1.54) is 0 Å². The third-order valence-electron chi connectivity index (χ3n) is 5.50. The summed E-state index contributed by atoms with van der Waals surface area (Å²) in [5, 5.41) is 10.5. The average Bonchev–Trinajstić information content (AvgIpc) is 2.75. The molecule has 1 N–H and O–H groups in total. The number of rotatable bonds is 5. The second-order valence-electron chi connectivity index (χ2n) is 7.64. The quantitative estimate of drug-likeness (QED) is 0.534. The number of para-hydroxylation sites is 2. The van der Waals surface area contributed by atoms with Crippen molar-refractivity contribution in [2.75, 3.05) is 22.9 Å². The molecule has 0 amide bonds. The summed E-state index contributed by atoms with van der Waals surface area (Å²) in [4.78, 5) is 3.81. The van der Waals surface area contributed by atoms with Gasteiger partial charge in [-0.15, -0.1) is 0 Å². The number of β-amino-alcohol motifs (C(OH)–C–C–N with tert-alkyl or cyclic N) is 1. The standard InChI is InChI=1S/C24H22ClF3N2O/c25-19-10-6-7-17(13-19)14-29-15-22(18-8-2-1-3-9-18)30(16-23(31)24(26,27)28)21-12-5-4-11-20(21)29/h1-13,22-23,31H,14-16H2/t22?,23-/m1/s1. The molecular formula is C24H22ClF3N2O. The van der Waals surface area contributed by atoms with Gasteiger partial charge in [0.1, 0.15) is 0 Å². The Balaban J connectivity index is 1.75. The molecule has 0 aromatic heterocycles. The van der Waals surface area contributed by atoms with Crippen molar-refractivity contribution in [2.45, 2.75) is 24.9 Å². The Labute approximate surface area is 184 Å². The Morgan fingerprint density at radius 3 is 2.29 bits per heavy atom. The van der Waals surface area contributed by atoms with Crippen LogP contribution in [0.4, 0.5) is 24.5 Å². The van der Waals surface area contributed by atoms with Crippen molar-refractivity contribution in [3.63, 3.8) is 0 Å². The Kier molecular flexibility index (Phi) is 6.12. The molecule has 1 aliphatic heterocycles. The van der Waals surface area contributed by atoms with Gasteiger partial charge in [-0.25, -0.2) is 0 Å². The van der Waals surface area contributed by atoms with E-state index in [-0.39, 0.29) is 6.04 Å². The van der Waals surface area contributed by atoms with E-state index < -0.39 is 18.8 Å². The van der Waals surface area contributed by atoms with Crippen LogP contribution in [0.1, 0.15) is 17.2 Å². The number of aliphatic hydroxyl groups excluding tert-OH is 1. The predicted molar refractivity (Wildman–Crippen MR) is 118 cm³/mol. The highest BCUT2D eigenvalue weighted by Gasteiger charge is 2.42. The van der Waals surface area contributed by atoms with Gasteiger partial charge in [-0.2, -0.15) is 13.2 Å². The van der Waals surface area contributed by atoms with Gasteiger partial charge >= 0.3 is 6.18 Å². The van der Waals surface area contributed by atoms with Crippen molar-refractivity contribution < 1.29 is 18.3 Å². The monoisotopic (exact) mass is 446 g/mol. The van der Waals surface area contributed by atoms with Crippen molar-refractivity contribution in [2.24, 2.45) is 0 Å². The highest BCUT2D eigenvalue weighted by atomic mass is 35.5. The number of benzene rings is 3. The lowest BCUT2D eigenvalue weighted by molar-refractivity contribution is -0.200. The lowest BCUT2D eigenvalue weighted by Crippen LogP contribution is -2.49. The third-order valence-corrected chi connectivity index (χ3v) is 5.73. The van der Waals surface area contributed by atoms with E-state index >= 15 is 0 Å². The van der Waals surface area contributed by atoms with E-state index in [1.807, 2.05) is 66.7 Å². The van der Waals surface area contributed by atoms with Crippen LogP contribution in [0, 0.1) is 0 Å². The molecule has 4 rings (SSSR count). The van der Waals surface area contributed by atoms with Crippen molar-refractivity contribution in [1.29, 1.82) is 0 Å². The minimum absolute atomic E-state index is 0.354. The van der Waals surface area contributed by atoms with Crippen molar-refractivity contribution in [3.05, 3.63) is 95.0 Å². The minimum atomic E-state index is -4.69. The summed E-state index contributed by atoms with van der Waals surface area (Å²) >= 11 is 6.15. The molecule has 0 aliphatic carbocycles. The minimum Gasteiger partial charge on any atom is -0.382 e. The van der Waals surface area contributed by atoms with E-state index in [0.717, 1.165) is 16.8 Å². The first kappa shape index (κ1) is 21.5. The van der Waals surface area contributed by atoms with Crippen LogP contribution in [0.2, 0.25) is 5.02 Å². The Morgan fingerprint density at radius 1 is 0.935 bits per heavy atom. The lowest BCUT2D eigenvalue weighted by atomic mass is 9.98. The third kappa shape index (κ3) is 4.81. The van der Waals surface area contributed by atoms with Gasteiger partial charge in [-0.05, 0) is 35.4 Å². The number of nitrogens with zero attached hydrogens (tertiary/aromatic N) is 2. The van der Waals surface area contributed by atoms with Crippen LogP contribution in [0.25, 0.3) is 0 Å². The topological polar surface area (TPSA) is 26.7 Å². The summed E-state index contributed by atoms with van der Waals surface area (Å²) in [6, 6.07) is 24.0. The Bertz CT molecular complexity index is 1030. The molecule has 0 spiro atoms. The van der Waals surface area contributed by atoms with E-state index in [9.17, 15) is 18.3 Å². The number of alkyl halides is 3. The van der Waals surface area contributed by atoms with Gasteiger partial charge < -0.3 is 14.9 Å². The molecule has 0 radical (unpaired) electrons. The molecule has 31 heavy (non-hydrogen) atoms. The van der Waals surface area contributed by atoms with E-state index in [0.29, 0.717) is 23.8 Å². The van der Waals surface area contributed by atoms with Crippen LogP contribution >= 0.6 is 11.6 Å². The fourth-order valence-corrected chi connectivity index (χ4v) is 4.24. The fraction of sp³-hybridized carbons (Fsp3) is 0.250. The molecular weight excluding hydrogens is 425 g/mol. The van der Waals surface area contributed by atoms with Crippen molar-refractivity contribution >= 4 is 23.0 Å². The van der Waals surface area contributed by atoms with E-state index in [2.05, 4.69) is 4.90 Å². The molecule has 0 saturated carbocycles. The van der Waals surface area contributed by atoms with Gasteiger partial charge in [0.15, 0.2) is 6.10 Å². The first-order chi connectivity index (χ1) is 14.8. The van der Waals surface area contributed by atoms with Crippen molar-refractivity contribution in [1.82, 2.24) is 0 Å². The molecule has 0 bridgehead atoms. The predicted octanol–water partition coefficient (Wildman–Crippen LogP) is 5.83. The van der Waals surface area contributed by atoms with E-state index in [1.54, 1.807) is 17.0 Å². The normalized spacial score (nSPS) is 17.4.